The minimum absolute atomic E-state index is 0.165. The Morgan fingerprint density at radius 3 is 1.70 bits per heavy atom. The fourth-order valence-corrected chi connectivity index (χ4v) is 6.78. The largest absolute Gasteiger partial charge is 0.456 e. The van der Waals surface area contributed by atoms with Crippen LogP contribution in [0.4, 0.5) is 0 Å². The van der Waals surface area contributed by atoms with E-state index in [4.69, 9.17) is 26.2 Å². The van der Waals surface area contributed by atoms with Crippen molar-refractivity contribution in [1.29, 1.82) is 0 Å². The zero-order valence-corrected chi connectivity index (χ0v) is 26.5. The number of furan rings is 1. The highest BCUT2D eigenvalue weighted by Gasteiger charge is 2.17. The molecule has 0 aliphatic heterocycles. The van der Waals surface area contributed by atoms with Gasteiger partial charge in [0.05, 0.1) is 17.9 Å². The Bertz CT molecular complexity index is 3070. The second-order valence-corrected chi connectivity index (χ2v) is 12.1. The smallest absolute Gasteiger partial charge is 0.164 e. The highest BCUT2D eigenvalue weighted by Crippen LogP contribution is 2.38. The number of aromatic nitrogens is 4. The Morgan fingerprint density at radius 1 is 0.420 bits per heavy atom. The number of fused-ring (bicyclic) bond motifs is 6. The molecule has 10 rings (SSSR count). The fraction of sp³-hybridized carbons (Fsp3) is 0. The van der Waals surface area contributed by atoms with Crippen molar-refractivity contribution in [3.05, 3.63) is 170 Å². The summed E-state index contributed by atoms with van der Waals surface area (Å²) in [5.74, 6) is 1.70. The molecule has 5 nitrogen and oxygen atoms in total. The molecule has 3 aromatic heterocycles. The van der Waals surface area contributed by atoms with Gasteiger partial charge >= 0.3 is 0 Å². The van der Waals surface area contributed by atoms with Gasteiger partial charge in [0.15, 0.2) is 17.5 Å². The highest BCUT2D eigenvalue weighted by atomic mass is 16.3. The van der Waals surface area contributed by atoms with E-state index in [9.17, 15) is 0 Å². The molecule has 10 aromatic rings. The lowest BCUT2D eigenvalue weighted by Gasteiger charge is -2.09. The van der Waals surface area contributed by atoms with Gasteiger partial charge in [-0.2, -0.15) is 0 Å². The van der Waals surface area contributed by atoms with Crippen LogP contribution in [0.5, 0.6) is 0 Å². The van der Waals surface area contributed by atoms with Crippen LogP contribution in [-0.4, -0.2) is 19.5 Å². The number of benzene rings is 7. The molecule has 0 radical (unpaired) electrons. The minimum atomic E-state index is -0.414. The molecule has 50 heavy (non-hydrogen) atoms. The first-order chi connectivity index (χ1) is 26.8. The summed E-state index contributed by atoms with van der Waals surface area (Å²) in [5.41, 5.74) is 7.33. The van der Waals surface area contributed by atoms with Gasteiger partial charge in [-0.05, 0) is 47.5 Å². The first kappa shape index (κ1) is 23.5. The lowest BCUT2D eigenvalue weighted by Crippen LogP contribution is -2.00. The topological polar surface area (TPSA) is 56.7 Å². The van der Waals surface area contributed by atoms with E-state index in [1.165, 1.54) is 0 Å². The van der Waals surface area contributed by atoms with Crippen LogP contribution in [0.1, 0.15) is 6.85 Å². The predicted octanol–water partition coefficient (Wildman–Crippen LogP) is 11.5. The summed E-state index contributed by atoms with van der Waals surface area (Å²) in [5, 5.41) is 3.91. The maximum atomic E-state index is 8.62. The van der Waals surface area contributed by atoms with Gasteiger partial charge in [-0.1, -0.05) is 127 Å². The molecule has 7 aromatic carbocycles. The van der Waals surface area contributed by atoms with Crippen LogP contribution in [0.2, 0.25) is 0 Å². The van der Waals surface area contributed by atoms with Gasteiger partial charge in [0, 0.05) is 50.0 Å². The maximum Gasteiger partial charge on any atom is 0.164 e. The van der Waals surface area contributed by atoms with E-state index in [0.29, 0.717) is 34.2 Å². The summed E-state index contributed by atoms with van der Waals surface area (Å²) in [4.78, 5) is 14.6. The Kier molecular flexibility index (Phi) is 5.35. The third kappa shape index (κ3) is 4.67. The summed E-state index contributed by atoms with van der Waals surface area (Å²) in [6.07, 6.45) is 0. The minimum Gasteiger partial charge on any atom is -0.456 e. The van der Waals surface area contributed by atoms with Crippen molar-refractivity contribution < 1.29 is 11.3 Å². The van der Waals surface area contributed by atoms with E-state index >= 15 is 0 Å². The number of hydrogen-bond acceptors (Lipinski definition) is 4. The van der Waals surface area contributed by atoms with E-state index in [-0.39, 0.29) is 29.7 Å². The molecule has 5 heteroatoms. The van der Waals surface area contributed by atoms with Crippen molar-refractivity contribution in [1.82, 2.24) is 19.5 Å². The van der Waals surface area contributed by atoms with E-state index in [2.05, 4.69) is 28.8 Å². The molecule has 0 fully saturated rings. The van der Waals surface area contributed by atoms with E-state index in [0.717, 1.165) is 55.0 Å². The molecule has 0 atom stereocenters. The van der Waals surface area contributed by atoms with Crippen LogP contribution < -0.4 is 0 Å². The van der Waals surface area contributed by atoms with Crippen LogP contribution in [0, 0.1) is 0 Å². The Morgan fingerprint density at radius 2 is 0.980 bits per heavy atom. The predicted molar refractivity (Wildman–Crippen MR) is 203 cm³/mol. The van der Waals surface area contributed by atoms with Crippen molar-refractivity contribution in [2.75, 3.05) is 0 Å². The average molecular weight is 646 g/mol. The fourth-order valence-electron chi connectivity index (χ4n) is 6.78. The third-order valence-corrected chi connectivity index (χ3v) is 9.14. The summed E-state index contributed by atoms with van der Waals surface area (Å²) in [6, 6.07) is 44.1. The van der Waals surface area contributed by atoms with Crippen molar-refractivity contribution in [2.45, 2.75) is 0 Å². The molecule has 0 bridgehead atoms. The Hall–Kier alpha value is -6.85. The van der Waals surface area contributed by atoms with Crippen LogP contribution >= 0.6 is 0 Å². The molecular weight excluding hydrogens is 613 g/mol. The molecule has 3 heterocycles. The molecule has 0 aliphatic rings. The molecule has 0 unspecified atom stereocenters. The van der Waals surface area contributed by atoms with Crippen molar-refractivity contribution in [3.63, 3.8) is 0 Å². The maximum absolute atomic E-state index is 8.62. The first-order valence-corrected chi connectivity index (χ1v) is 16.3. The van der Waals surface area contributed by atoms with Crippen LogP contribution in [0.15, 0.2) is 174 Å². The Balaban J connectivity index is 1.12. The van der Waals surface area contributed by atoms with Crippen molar-refractivity contribution >= 4 is 43.7 Å². The zero-order chi connectivity index (χ0) is 37.4. The zero-order valence-electron chi connectivity index (χ0n) is 31.5. The SMILES string of the molecule is [2H]c1c([2H])c([2H])c(-c2ccc3c4ccccc4n(-c4ccc5c(c4)oc4cc(-c6nc(-c7ccccc7)nc(-c7ccccc7)n6)ccc45)c3c2)c([2H])c1[2H]. The standard InChI is InChI=1S/C45H28N4O/c1-4-12-29(13-5-1)32-20-23-36-35-18-10-11-19-39(35)49(40(36)26-32)34-22-25-38-37-24-21-33(27-41(37)50-42(38)28-34)45-47-43(30-14-6-2-7-15-30)46-44(48-45)31-16-8-3-9-17-31/h1-28H/i1D,4D,5D,12D,13D. The second-order valence-electron chi connectivity index (χ2n) is 12.1. The molecule has 0 saturated carbocycles. The summed E-state index contributed by atoms with van der Waals surface area (Å²) in [6.45, 7) is 0. The van der Waals surface area contributed by atoms with Gasteiger partial charge in [-0.3, -0.25) is 0 Å². The number of hydrogen-bond donors (Lipinski definition) is 0. The summed E-state index contributed by atoms with van der Waals surface area (Å²) < 4.78 is 50.5. The molecule has 0 amide bonds. The number of para-hydroxylation sites is 1. The normalized spacial score (nSPS) is 13.0. The molecule has 0 N–H and O–H groups in total. The van der Waals surface area contributed by atoms with Gasteiger partial charge < -0.3 is 8.98 Å². The van der Waals surface area contributed by atoms with Gasteiger partial charge in [0.2, 0.25) is 0 Å². The second kappa shape index (κ2) is 11.4. The lowest BCUT2D eigenvalue weighted by molar-refractivity contribution is 0.668. The van der Waals surface area contributed by atoms with Crippen LogP contribution in [0.3, 0.4) is 0 Å². The van der Waals surface area contributed by atoms with Crippen molar-refractivity contribution in [2.24, 2.45) is 0 Å². The van der Waals surface area contributed by atoms with Gasteiger partial charge in [0.25, 0.3) is 0 Å². The average Bonchev–Trinajstić information content (AvgIpc) is 3.77. The molecule has 234 valence electrons. The van der Waals surface area contributed by atoms with Gasteiger partial charge in [-0.15, -0.1) is 0 Å². The van der Waals surface area contributed by atoms with Crippen molar-refractivity contribution in [3.8, 4) is 51.0 Å². The van der Waals surface area contributed by atoms with Gasteiger partial charge in [0.1, 0.15) is 11.2 Å². The van der Waals surface area contributed by atoms with Crippen LogP contribution in [-0.2, 0) is 0 Å². The highest BCUT2D eigenvalue weighted by molar-refractivity contribution is 6.11. The summed E-state index contributed by atoms with van der Waals surface area (Å²) >= 11 is 0. The molecule has 0 spiro atoms. The molecule has 0 saturated heterocycles. The number of nitrogens with zero attached hydrogens (tertiary/aromatic N) is 4. The quantitative estimate of drug-likeness (QED) is 0.187. The van der Waals surface area contributed by atoms with E-state index < -0.39 is 6.04 Å². The van der Waals surface area contributed by atoms with Crippen LogP contribution in [0.25, 0.3) is 94.7 Å². The lowest BCUT2D eigenvalue weighted by atomic mass is 10.0. The molecular formula is C45H28N4O. The number of rotatable bonds is 5. The van der Waals surface area contributed by atoms with E-state index in [1.807, 2.05) is 115 Å². The monoisotopic (exact) mass is 645 g/mol. The van der Waals surface area contributed by atoms with E-state index in [1.54, 1.807) is 0 Å². The van der Waals surface area contributed by atoms with Gasteiger partial charge in [-0.25, -0.2) is 15.0 Å². The third-order valence-electron chi connectivity index (χ3n) is 9.14. The first-order valence-electron chi connectivity index (χ1n) is 18.8. The Labute approximate surface area is 294 Å². The molecule has 0 aliphatic carbocycles. The summed E-state index contributed by atoms with van der Waals surface area (Å²) in [7, 11) is 0.